The number of carbonyl (C=O) groups is 4. The number of piperidine rings is 2. The third-order valence-corrected chi connectivity index (χ3v) is 13.0. The van der Waals surface area contributed by atoms with E-state index in [9.17, 15) is 36.0 Å². The van der Waals surface area contributed by atoms with E-state index in [1.54, 1.807) is 41.5 Å². The molecule has 0 bridgehead atoms. The monoisotopic (exact) mass is 760 g/mol. The number of benzene rings is 2. The zero-order chi connectivity index (χ0) is 38.2. The fourth-order valence-corrected chi connectivity index (χ4v) is 9.51. The number of alkyl carbamates (subject to hydrolysis) is 2. The van der Waals surface area contributed by atoms with Crippen molar-refractivity contribution >= 4 is 43.8 Å². The second kappa shape index (κ2) is 14.9. The van der Waals surface area contributed by atoms with Crippen LogP contribution in [0.2, 0.25) is 0 Å². The molecule has 3 aliphatic rings. The minimum Gasteiger partial charge on any atom is -0.444 e. The Hall–Kier alpha value is -3.86. The number of nitrogens with zero attached hydrogens (tertiary/aromatic N) is 2. The summed E-state index contributed by atoms with van der Waals surface area (Å²) in [5.41, 5.74) is -1.39. The molecule has 2 N–H and O–H groups in total. The SMILES string of the molecule is CC(C)(C)OC(=O)NCC1CCN(S(=O)(=O)c2ccc3c(c2)C(=O)c2cc(S(=O)(=O)N4CCC(CNC(=O)OC(C)(C)C)CC4)ccc2C3=O)CC1. The van der Waals surface area contributed by atoms with Crippen LogP contribution in [0.15, 0.2) is 46.2 Å². The van der Waals surface area contributed by atoms with Crippen molar-refractivity contribution in [2.24, 2.45) is 11.8 Å². The molecule has 52 heavy (non-hydrogen) atoms. The molecule has 2 aromatic carbocycles. The first-order valence-electron chi connectivity index (χ1n) is 17.5. The van der Waals surface area contributed by atoms with E-state index in [1.165, 1.54) is 45.0 Å². The number of fused-ring (bicyclic) bond motifs is 2. The number of ketones is 2. The van der Waals surface area contributed by atoms with Gasteiger partial charge in [-0.25, -0.2) is 26.4 Å². The summed E-state index contributed by atoms with van der Waals surface area (Å²) >= 11 is 0. The molecule has 2 heterocycles. The summed E-state index contributed by atoms with van der Waals surface area (Å²) in [7, 11) is -8.07. The van der Waals surface area contributed by atoms with E-state index in [0.717, 1.165) is 0 Å². The lowest BCUT2D eigenvalue weighted by Crippen LogP contribution is -2.42. The molecule has 2 aromatic rings. The van der Waals surface area contributed by atoms with Crippen LogP contribution in [0.1, 0.15) is 99.1 Å². The Morgan fingerprint density at radius 2 is 0.942 bits per heavy atom. The van der Waals surface area contributed by atoms with Gasteiger partial charge in [0.05, 0.1) is 9.79 Å². The van der Waals surface area contributed by atoms with Crippen LogP contribution < -0.4 is 10.6 Å². The van der Waals surface area contributed by atoms with Gasteiger partial charge in [0, 0.05) is 61.5 Å². The number of carbonyl (C=O) groups excluding carboxylic acids is 4. The van der Waals surface area contributed by atoms with Gasteiger partial charge in [0.1, 0.15) is 11.2 Å². The lowest BCUT2D eigenvalue weighted by Gasteiger charge is -2.32. The van der Waals surface area contributed by atoms with E-state index in [1.807, 2.05) is 0 Å². The maximum Gasteiger partial charge on any atom is 0.407 e. The van der Waals surface area contributed by atoms with Crippen molar-refractivity contribution in [1.29, 1.82) is 0 Å². The molecule has 1 aliphatic carbocycles. The van der Waals surface area contributed by atoms with E-state index >= 15 is 0 Å². The van der Waals surface area contributed by atoms with Crippen molar-refractivity contribution in [1.82, 2.24) is 19.2 Å². The zero-order valence-corrected chi connectivity index (χ0v) is 32.1. The predicted molar refractivity (Wildman–Crippen MR) is 191 cm³/mol. The Bertz CT molecular complexity index is 1810. The topological polar surface area (TPSA) is 186 Å². The molecule has 2 aliphatic heterocycles. The highest BCUT2D eigenvalue weighted by Gasteiger charge is 2.36. The first-order valence-corrected chi connectivity index (χ1v) is 20.4. The molecular formula is C36H48N4O10S2. The van der Waals surface area contributed by atoms with Crippen molar-refractivity contribution < 1.29 is 45.5 Å². The van der Waals surface area contributed by atoms with Gasteiger partial charge in [0.25, 0.3) is 0 Å². The first-order chi connectivity index (χ1) is 24.2. The van der Waals surface area contributed by atoms with Gasteiger partial charge in [-0.3, -0.25) is 9.59 Å². The fourth-order valence-electron chi connectivity index (χ4n) is 6.52. The minimum atomic E-state index is -4.04. The molecule has 0 unspecified atom stereocenters. The zero-order valence-electron chi connectivity index (χ0n) is 30.5. The highest BCUT2D eigenvalue weighted by molar-refractivity contribution is 7.89. The molecule has 14 nitrogen and oxygen atoms in total. The average molecular weight is 761 g/mol. The van der Waals surface area contributed by atoms with Crippen LogP contribution in [-0.4, -0.2) is 99.7 Å². The first kappa shape index (κ1) is 39.3. The second-order valence-corrected chi connectivity index (χ2v) is 19.4. The van der Waals surface area contributed by atoms with Crippen molar-refractivity contribution in [3.8, 4) is 0 Å². The third-order valence-electron chi connectivity index (χ3n) is 9.25. The summed E-state index contributed by atoms with van der Waals surface area (Å²) in [5.74, 6) is -1.04. The Morgan fingerprint density at radius 3 is 1.27 bits per heavy atom. The van der Waals surface area contributed by atoms with Gasteiger partial charge in [-0.05, 0) is 115 Å². The lowest BCUT2D eigenvalue weighted by atomic mass is 9.84. The second-order valence-electron chi connectivity index (χ2n) is 15.5. The van der Waals surface area contributed by atoms with E-state index in [2.05, 4.69) is 10.6 Å². The average Bonchev–Trinajstić information content (AvgIpc) is 3.07. The van der Waals surface area contributed by atoms with Gasteiger partial charge in [0.15, 0.2) is 11.6 Å². The molecule has 2 fully saturated rings. The smallest absolute Gasteiger partial charge is 0.407 e. The molecular weight excluding hydrogens is 713 g/mol. The summed E-state index contributed by atoms with van der Waals surface area (Å²) in [6.45, 7) is 12.1. The van der Waals surface area contributed by atoms with E-state index in [-0.39, 0.29) is 70.1 Å². The maximum atomic E-state index is 13.8. The number of sulfonamides is 2. The molecule has 0 atom stereocenters. The lowest BCUT2D eigenvalue weighted by molar-refractivity contribution is 0.0502. The summed E-state index contributed by atoms with van der Waals surface area (Å²) in [6.07, 6.45) is 0.943. The van der Waals surface area contributed by atoms with Crippen molar-refractivity contribution in [3.05, 3.63) is 58.7 Å². The minimum absolute atomic E-state index is 0.0426. The van der Waals surface area contributed by atoms with Crippen LogP contribution in [0.3, 0.4) is 0 Å². The third kappa shape index (κ3) is 9.01. The van der Waals surface area contributed by atoms with Gasteiger partial charge >= 0.3 is 12.2 Å². The molecule has 5 rings (SSSR count). The number of nitrogens with one attached hydrogen (secondary N) is 2. The number of hydrogen-bond donors (Lipinski definition) is 2. The molecule has 16 heteroatoms. The Labute approximate surface area is 305 Å². The molecule has 2 saturated heterocycles. The van der Waals surface area contributed by atoms with Gasteiger partial charge < -0.3 is 20.1 Å². The standard InChI is InChI=1S/C36H48N4O10S2/c1-35(2,3)49-33(43)37-21-23-11-15-39(16-12-23)51(45,46)25-7-9-27-29(19-25)32(42)30-20-26(8-10-28(30)31(27)41)52(47,48)40-17-13-24(14-18-40)22-38-34(44)50-36(4,5)6/h7-10,19-20,23-24H,11-18,21-22H2,1-6H3,(H,37,43)(H,38,44). The molecule has 284 valence electrons. The van der Waals surface area contributed by atoms with Crippen LogP contribution in [0.4, 0.5) is 9.59 Å². The van der Waals surface area contributed by atoms with Crippen molar-refractivity contribution in [3.63, 3.8) is 0 Å². The van der Waals surface area contributed by atoms with Crippen LogP contribution in [0.25, 0.3) is 0 Å². The van der Waals surface area contributed by atoms with Crippen LogP contribution >= 0.6 is 0 Å². The number of rotatable bonds is 8. The van der Waals surface area contributed by atoms with Crippen LogP contribution in [0, 0.1) is 11.8 Å². The van der Waals surface area contributed by atoms with Gasteiger partial charge in [0.2, 0.25) is 20.0 Å². The Balaban J connectivity index is 1.24. The Kier molecular flexibility index (Phi) is 11.3. The summed E-state index contributed by atoms with van der Waals surface area (Å²) < 4.78 is 67.9. The largest absolute Gasteiger partial charge is 0.444 e. The summed E-state index contributed by atoms with van der Waals surface area (Å²) in [6, 6.07) is 7.67. The molecule has 0 spiro atoms. The molecule has 0 radical (unpaired) electrons. The highest BCUT2D eigenvalue weighted by atomic mass is 32.2. The van der Waals surface area contributed by atoms with Crippen LogP contribution in [-0.2, 0) is 29.5 Å². The molecule has 0 aromatic heterocycles. The fraction of sp³-hybridized carbons (Fsp3) is 0.556. The van der Waals surface area contributed by atoms with Crippen LogP contribution in [0.5, 0.6) is 0 Å². The van der Waals surface area contributed by atoms with E-state index in [0.29, 0.717) is 38.8 Å². The van der Waals surface area contributed by atoms with Crippen molar-refractivity contribution in [2.75, 3.05) is 39.3 Å². The van der Waals surface area contributed by atoms with E-state index < -0.39 is 55.0 Å². The number of hydrogen-bond acceptors (Lipinski definition) is 10. The maximum absolute atomic E-state index is 13.8. The number of amides is 2. The Morgan fingerprint density at radius 1 is 0.615 bits per heavy atom. The molecule has 2 amide bonds. The van der Waals surface area contributed by atoms with Gasteiger partial charge in [-0.2, -0.15) is 8.61 Å². The summed E-state index contributed by atoms with van der Waals surface area (Å²) in [4.78, 5) is 51.1. The van der Waals surface area contributed by atoms with Crippen molar-refractivity contribution in [2.45, 2.75) is 88.2 Å². The normalized spacial score (nSPS) is 18.3. The van der Waals surface area contributed by atoms with Gasteiger partial charge in [-0.15, -0.1) is 0 Å². The number of ether oxygens (including phenoxy) is 2. The van der Waals surface area contributed by atoms with E-state index in [4.69, 9.17) is 9.47 Å². The summed E-state index contributed by atoms with van der Waals surface area (Å²) in [5, 5.41) is 5.47. The van der Waals surface area contributed by atoms with Gasteiger partial charge in [-0.1, -0.05) is 0 Å². The highest BCUT2D eigenvalue weighted by Crippen LogP contribution is 2.33. The molecule has 0 saturated carbocycles. The predicted octanol–water partition coefficient (Wildman–Crippen LogP) is 4.31. The quantitative estimate of drug-likeness (QED) is 0.335.